The minimum atomic E-state index is 0.479. The van der Waals surface area contributed by atoms with Crippen molar-refractivity contribution in [3.63, 3.8) is 0 Å². The summed E-state index contributed by atoms with van der Waals surface area (Å²) in [5.74, 6) is 0.479. The van der Waals surface area contributed by atoms with Crippen LogP contribution in [0.15, 0.2) is 279 Å². The molecule has 4 aromatic heterocycles. The highest BCUT2D eigenvalue weighted by Crippen LogP contribution is 2.39. The maximum Gasteiger partial charge on any atom is 0.220 e. The fourth-order valence-electron chi connectivity index (χ4n) is 15.8. The lowest BCUT2D eigenvalue weighted by Crippen LogP contribution is -2.35. The topological polar surface area (TPSA) is 15.5 Å². The molecule has 0 aliphatic heterocycles. The fourth-order valence-corrected chi connectivity index (χ4v) is 15.8. The molecule has 0 aliphatic rings. The lowest BCUT2D eigenvalue weighted by atomic mass is 9.91. The average Bonchev–Trinajstić information content (AvgIpc) is 0.762. The molecule has 0 radical (unpaired) electrons. The molecule has 0 fully saturated rings. The maximum absolute atomic E-state index is 8.84. The molecule has 111 heavy (non-hydrogen) atoms. The second kappa shape index (κ2) is 33.6. The molecule has 4 heterocycles. The van der Waals surface area contributed by atoms with Gasteiger partial charge in [-0.3, -0.25) is 0 Å². The van der Waals surface area contributed by atoms with Gasteiger partial charge >= 0.3 is 0 Å². The summed E-state index contributed by atoms with van der Waals surface area (Å²) in [6.07, 6.45) is 3.07. The Labute approximate surface area is 667 Å². The summed E-state index contributed by atoms with van der Waals surface area (Å²) in [7, 11) is 8.32. The normalized spacial score (nSPS) is 11.7. The molecule has 4 nitrogen and oxygen atoms in total. The first kappa shape index (κ1) is 72.2. The Morgan fingerprint density at radius 2 is 0.604 bits per heavy atom. The van der Waals surface area contributed by atoms with Crippen molar-refractivity contribution in [3.8, 4) is 89.5 Å². The molecule has 0 N–H and O–H groups in total. The molecule has 0 aliphatic carbocycles. The largest absolute Gasteiger partial charge is 0.220 e. The summed E-state index contributed by atoms with van der Waals surface area (Å²) in [5, 5.41) is 8.57. The van der Waals surface area contributed by atoms with E-state index in [0.29, 0.717) is 30.1 Å². The van der Waals surface area contributed by atoms with Crippen molar-refractivity contribution in [1.82, 2.24) is 0 Å². The van der Waals surface area contributed by atoms with Crippen LogP contribution in [0.1, 0.15) is 124 Å². The van der Waals surface area contributed by atoms with Gasteiger partial charge in [0.1, 0.15) is 28.2 Å². The second-order valence-corrected chi connectivity index (χ2v) is 30.6. The highest BCUT2D eigenvalue weighted by atomic mass is 15.0. The van der Waals surface area contributed by atoms with Crippen molar-refractivity contribution in [2.75, 3.05) is 0 Å². The smallest absolute Gasteiger partial charge is 0.198 e. The van der Waals surface area contributed by atoms with Gasteiger partial charge in [0.25, 0.3) is 0 Å². The number of pyridine rings is 4. The first-order valence-electron chi connectivity index (χ1n) is 41.6. The number of rotatable bonds is 12. The van der Waals surface area contributed by atoms with Crippen LogP contribution < -0.4 is 18.3 Å². The average molecular weight is 1460 g/mol. The van der Waals surface area contributed by atoms with Gasteiger partial charge in [0.15, 0.2) is 22.8 Å². The van der Waals surface area contributed by atoms with E-state index in [4.69, 9.17) is 5.48 Å². The number of nitrogens with zero attached hydrogens (tertiary/aromatic N) is 4. The van der Waals surface area contributed by atoms with E-state index >= 15 is 0 Å². The lowest BCUT2D eigenvalue weighted by Gasteiger charge is -2.15. The predicted molar refractivity (Wildman–Crippen MR) is 474 cm³/mol. The molecule has 0 amide bonds. The molecule has 0 atom stereocenters. The highest BCUT2D eigenvalue weighted by molar-refractivity contribution is 6.00. The van der Waals surface area contributed by atoms with Crippen LogP contribution in [-0.2, 0) is 47.5 Å². The predicted octanol–water partition coefficient (Wildman–Crippen LogP) is 25.9. The summed E-state index contributed by atoms with van der Waals surface area (Å²) in [6, 6.07) is 92.9. The van der Waals surface area contributed by atoms with E-state index < -0.39 is 0 Å². The molecule has 0 unspecified atom stereocenters. The Balaban J connectivity index is 0.000000134. The Bertz CT molecular complexity index is 6380. The van der Waals surface area contributed by atoms with Gasteiger partial charge in [-0.1, -0.05) is 222 Å². The summed E-state index contributed by atoms with van der Waals surface area (Å²) in [6.45, 7) is 32.4. The van der Waals surface area contributed by atoms with Crippen molar-refractivity contribution < 1.29 is 23.8 Å². The van der Waals surface area contributed by atoms with Gasteiger partial charge in [-0.15, -0.1) is 0 Å². The highest BCUT2D eigenvalue weighted by Gasteiger charge is 2.26. The zero-order valence-corrected chi connectivity index (χ0v) is 68.7. The van der Waals surface area contributed by atoms with Crippen LogP contribution in [0.25, 0.3) is 133 Å². The number of hydrogen-bond donors (Lipinski definition) is 0. The number of benzene rings is 12. The summed E-state index contributed by atoms with van der Waals surface area (Å²) >= 11 is 0. The van der Waals surface area contributed by atoms with Gasteiger partial charge in [-0.2, -0.15) is 18.3 Å². The fraction of sp³-hybridized carbons (Fsp3) is 0.215. The van der Waals surface area contributed by atoms with Crippen molar-refractivity contribution in [2.24, 2.45) is 28.2 Å². The standard InChI is InChI=1S/C28H30N.C27H28N.2C26H26N/c1-6-21-16-22(7-2)20(4)27(17-21)28-26-14-13-24(23-11-9-8-10-12-23)18-25(26)15-19(3)29(28)5;1-18(2)22-12-11-19(3)26(17-22)27-25-14-13-23(21-9-7-6-8-10-21)16-24(25)15-20(4)28(27)5;1-17-13-18(2)20(4)25(14-17)26-24-12-11-22(21-9-7-6-8-10-21)16-23(24)15-19(3)27(26)5;1-5-20-12-11-18(2)25(16-20)26-24-14-13-22(21-9-7-6-8-10-21)17-23(24)15-19(3)27(26)4/h8-18H,6-7H2,1-5H3;6-18H,1-5H3;6-16H,1-5H3;6-17H,5H2,1-4H3/q4*+1/i4*15D. The molecule has 16 aromatic rings. The quantitative estimate of drug-likeness (QED) is 0.108. The molecular weight excluding hydrogens is 1340 g/mol. The van der Waals surface area contributed by atoms with Gasteiger partial charge in [0.05, 0.1) is 38.2 Å². The third-order valence-corrected chi connectivity index (χ3v) is 23.0. The zero-order chi connectivity index (χ0) is 82.0. The Morgan fingerprint density at radius 1 is 0.279 bits per heavy atom. The van der Waals surface area contributed by atoms with Crippen LogP contribution in [0.4, 0.5) is 0 Å². The van der Waals surface area contributed by atoms with Gasteiger partial charge in [-0.05, 0) is 256 Å². The third-order valence-electron chi connectivity index (χ3n) is 23.0. The molecule has 12 aromatic carbocycles. The number of hydrogen-bond acceptors (Lipinski definition) is 0. The molecule has 0 saturated carbocycles. The zero-order valence-electron chi connectivity index (χ0n) is 72.7. The maximum atomic E-state index is 8.84. The summed E-state index contributed by atoms with van der Waals surface area (Å²) < 4.78 is 43.9. The van der Waals surface area contributed by atoms with E-state index in [1.165, 1.54) is 123 Å². The van der Waals surface area contributed by atoms with E-state index in [1.807, 2.05) is 45.0 Å². The Morgan fingerprint density at radius 3 is 0.946 bits per heavy atom. The molecule has 0 bridgehead atoms. The Hall–Kier alpha value is -11.7. The van der Waals surface area contributed by atoms with Crippen LogP contribution >= 0.6 is 0 Å². The minimum absolute atomic E-state index is 0.479. The van der Waals surface area contributed by atoms with Crippen molar-refractivity contribution in [3.05, 3.63) is 357 Å². The first-order chi connectivity index (χ1) is 55.2. The van der Waals surface area contributed by atoms with Crippen molar-refractivity contribution in [2.45, 2.75) is 129 Å². The number of fused-ring (bicyclic) bond motifs is 4. The Kier molecular flexibility index (Phi) is 21.9. The summed E-state index contributed by atoms with van der Waals surface area (Å²) in [5.41, 5.74) is 36.3. The van der Waals surface area contributed by atoms with E-state index in [9.17, 15) is 0 Å². The van der Waals surface area contributed by atoms with Crippen LogP contribution in [0, 0.1) is 69.2 Å². The van der Waals surface area contributed by atoms with Crippen molar-refractivity contribution in [1.29, 1.82) is 0 Å². The number of aryl methyl sites for hydroxylation is 7. The van der Waals surface area contributed by atoms with Gasteiger partial charge in [-0.25, -0.2) is 0 Å². The van der Waals surface area contributed by atoms with Gasteiger partial charge in [0, 0.05) is 63.0 Å². The minimum Gasteiger partial charge on any atom is -0.198 e. The molecule has 0 spiro atoms. The SMILES string of the molecule is [2H]c1c(C)[n+](C)c(-c2cc(C(C)C)ccc2C)c2ccc(-c3ccccc3)cc12.[2H]c1c(C)[n+](C)c(-c2cc(C)cc(C)c2C)c2ccc(-c3ccccc3)cc12.[2H]c1c(C)[n+](C)c(-c2cc(CC)cc(CC)c2C)c2ccc(-c3ccccc3)cc12.[2H]c1c(C)[n+](C)c(-c2cc(CC)ccc2C)c2ccc(-c3ccccc3)cc12. The molecule has 4 heteroatoms. The van der Waals surface area contributed by atoms with E-state index in [1.54, 1.807) is 0 Å². The molecule has 0 saturated heterocycles. The van der Waals surface area contributed by atoms with E-state index in [2.05, 4.69) is 360 Å². The third kappa shape index (κ3) is 16.3. The van der Waals surface area contributed by atoms with Crippen LogP contribution in [-0.4, -0.2) is 0 Å². The number of aromatic nitrogens is 4. The molecule has 16 rings (SSSR count). The lowest BCUT2D eigenvalue weighted by molar-refractivity contribution is -0.665. The van der Waals surface area contributed by atoms with Crippen LogP contribution in [0.2, 0.25) is 0 Å². The molecular formula is C107H110N4+4. The monoisotopic (exact) mass is 1450 g/mol. The van der Waals surface area contributed by atoms with Crippen molar-refractivity contribution >= 4 is 43.1 Å². The molecule has 554 valence electrons. The van der Waals surface area contributed by atoms with Gasteiger partial charge in [0.2, 0.25) is 22.8 Å². The summed E-state index contributed by atoms with van der Waals surface area (Å²) in [4.78, 5) is 0. The first-order valence-corrected chi connectivity index (χ1v) is 39.6. The van der Waals surface area contributed by atoms with Crippen LogP contribution in [0.5, 0.6) is 0 Å². The van der Waals surface area contributed by atoms with Gasteiger partial charge < -0.3 is 0 Å². The van der Waals surface area contributed by atoms with E-state index in [-0.39, 0.29) is 0 Å². The van der Waals surface area contributed by atoms with Crippen LogP contribution in [0.3, 0.4) is 0 Å². The second-order valence-electron chi connectivity index (χ2n) is 30.6. The van der Waals surface area contributed by atoms with E-state index in [0.717, 1.165) is 107 Å².